The van der Waals surface area contributed by atoms with Crippen LogP contribution in [0.15, 0.2) is 23.3 Å². The van der Waals surface area contributed by atoms with Crippen LogP contribution < -0.4 is 5.32 Å². The summed E-state index contributed by atoms with van der Waals surface area (Å²) in [5.41, 5.74) is 1.95. The molecule has 1 amide bonds. The van der Waals surface area contributed by atoms with Gasteiger partial charge in [-0.2, -0.15) is 0 Å². The molecule has 1 rings (SSSR count). The molecule has 0 aromatic carbocycles. The van der Waals surface area contributed by atoms with Gasteiger partial charge in [-0.15, -0.1) is 0 Å². The average molecular weight is 339 g/mol. The highest BCUT2D eigenvalue weighted by atomic mass is 16.5. The van der Waals surface area contributed by atoms with Crippen molar-refractivity contribution in [2.45, 2.75) is 65.0 Å². The molecule has 0 radical (unpaired) electrons. The van der Waals surface area contributed by atoms with Crippen LogP contribution in [0, 0.1) is 5.92 Å². The zero-order valence-corrected chi connectivity index (χ0v) is 14.9. The van der Waals surface area contributed by atoms with Crippen molar-refractivity contribution in [3.05, 3.63) is 23.3 Å². The van der Waals surface area contributed by atoms with Gasteiger partial charge in [0, 0.05) is 19.4 Å². The van der Waals surface area contributed by atoms with E-state index in [4.69, 9.17) is 4.74 Å². The van der Waals surface area contributed by atoms with Gasteiger partial charge in [0.05, 0.1) is 12.2 Å². The van der Waals surface area contributed by atoms with Crippen molar-refractivity contribution in [2.24, 2.45) is 5.92 Å². The highest BCUT2D eigenvalue weighted by Gasteiger charge is 2.41. The van der Waals surface area contributed by atoms with Crippen LogP contribution in [0.4, 0.5) is 0 Å². The number of hydrogen-bond donors (Lipinski definition) is 3. The lowest BCUT2D eigenvalue weighted by Crippen LogP contribution is -2.56. The average Bonchev–Trinajstić information content (AvgIpc) is 2.53. The fraction of sp³-hybridized carbons (Fsp3) is 0.667. The quantitative estimate of drug-likeness (QED) is 0.367. The van der Waals surface area contributed by atoms with Gasteiger partial charge in [0.15, 0.2) is 0 Å². The molecule has 0 aromatic rings. The van der Waals surface area contributed by atoms with Gasteiger partial charge in [-0.1, -0.05) is 18.6 Å². The molecule has 6 heteroatoms. The number of carbonyl (C=O) groups excluding carboxylic acids is 2. The largest absolute Gasteiger partial charge is 0.390 e. The molecule has 0 unspecified atom stereocenters. The molecule has 1 saturated heterocycles. The second kappa shape index (κ2) is 9.71. The van der Waals surface area contributed by atoms with Crippen molar-refractivity contribution in [3.8, 4) is 0 Å². The van der Waals surface area contributed by atoms with Gasteiger partial charge < -0.3 is 20.3 Å². The molecule has 3 N–H and O–H groups in total. The molecule has 1 heterocycles. The smallest absolute Gasteiger partial charge is 0.216 e. The lowest BCUT2D eigenvalue weighted by atomic mass is 9.86. The molecule has 0 saturated carbocycles. The summed E-state index contributed by atoms with van der Waals surface area (Å²) in [5, 5.41) is 22.9. The first-order valence-electron chi connectivity index (χ1n) is 8.33. The van der Waals surface area contributed by atoms with Gasteiger partial charge in [-0.3, -0.25) is 9.59 Å². The molecule has 0 bridgehead atoms. The van der Waals surface area contributed by atoms with Crippen molar-refractivity contribution in [1.82, 2.24) is 5.32 Å². The normalized spacial score (nSPS) is 31.7. The van der Waals surface area contributed by atoms with Crippen LogP contribution >= 0.6 is 0 Å². The number of amides is 1. The van der Waals surface area contributed by atoms with E-state index in [0.717, 1.165) is 23.9 Å². The second-order valence-electron chi connectivity index (χ2n) is 6.44. The second-order valence-corrected chi connectivity index (χ2v) is 6.44. The molecule has 1 aliphatic rings. The zero-order valence-electron chi connectivity index (χ0n) is 14.9. The zero-order chi connectivity index (χ0) is 18.3. The Morgan fingerprint density at radius 1 is 1.12 bits per heavy atom. The minimum atomic E-state index is -1.02. The van der Waals surface area contributed by atoms with Crippen molar-refractivity contribution >= 4 is 12.2 Å². The Kier molecular flexibility index (Phi) is 8.31. The number of hydrogen-bond acceptors (Lipinski definition) is 5. The van der Waals surface area contributed by atoms with Crippen LogP contribution in [-0.2, 0) is 14.3 Å². The molecule has 6 nitrogen and oxygen atoms in total. The maximum absolute atomic E-state index is 11.0. The first-order chi connectivity index (χ1) is 11.3. The van der Waals surface area contributed by atoms with Gasteiger partial charge >= 0.3 is 0 Å². The summed E-state index contributed by atoms with van der Waals surface area (Å²) in [6.07, 6.45) is 3.02. The van der Waals surface area contributed by atoms with Crippen LogP contribution in [0.25, 0.3) is 0 Å². The van der Waals surface area contributed by atoms with E-state index in [-0.39, 0.29) is 24.5 Å². The lowest BCUT2D eigenvalue weighted by molar-refractivity contribution is -0.195. The summed E-state index contributed by atoms with van der Waals surface area (Å²) < 4.78 is 5.90. The molecule has 1 aliphatic heterocycles. The Morgan fingerprint density at radius 2 is 1.79 bits per heavy atom. The number of rotatable bonds is 7. The van der Waals surface area contributed by atoms with Crippen LogP contribution in [-0.4, -0.2) is 53.4 Å². The van der Waals surface area contributed by atoms with Crippen LogP contribution in [0.3, 0.4) is 0 Å². The SMILES string of the molecule is CC(=O)NC[C@H]1O[C@@H](CC/C=C(C)/C(C)=C/C=O)[C@@H](C)[C@H](O)[C@@H]1O. The number of aliphatic hydroxyl groups is 2. The van der Waals surface area contributed by atoms with Gasteiger partial charge in [-0.05, 0) is 38.3 Å². The third kappa shape index (κ3) is 5.85. The summed E-state index contributed by atoms with van der Waals surface area (Å²) >= 11 is 0. The molecular weight excluding hydrogens is 310 g/mol. The summed E-state index contributed by atoms with van der Waals surface area (Å²) in [7, 11) is 0. The third-order valence-electron chi connectivity index (χ3n) is 4.60. The molecule has 0 aromatic heterocycles. The summed E-state index contributed by atoms with van der Waals surface area (Å²) in [4.78, 5) is 21.5. The molecule has 24 heavy (non-hydrogen) atoms. The van der Waals surface area contributed by atoms with Crippen molar-refractivity contribution < 1.29 is 24.5 Å². The number of aliphatic hydroxyl groups excluding tert-OH is 2. The monoisotopic (exact) mass is 339 g/mol. The standard InChI is InChI=1S/C18H29NO5/c1-11(12(2)8-9-20)6-5-7-15-13(3)17(22)18(23)16(24-15)10-19-14(4)21/h6,8-9,13,15-18,22-23H,5,7,10H2,1-4H3,(H,19,21)/b11-6+,12-8+/t13-,15+,16-,17+,18-/m1/s1. The maximum atomic E-state index is 11.0. The van der Waals surface area contributed by atoms with Crippen molar-refractivity contribution in [3.63, 3.8) is 0 Å². The predicted octanol–water partition coefficient (Wildman–Crippen LogP) is 1.12. The Morgan fingerprint density at radius 3 is 2.38 bits per heavy atom. The van der Waals surface area contributed by atoms with Gasteiger partial charge in [0.1, 0.15) is 18.5 Å². The number of allylic oxidation sites excluding steroid dienone is 4. The fourth-order valence-electron chi connectivity index (χ4n) is 2.78. The van der Waals surface area contributed by atoms with E-state index < -0.39 is 18.3 Å². The summed E-state index contributed by atoms with van der Waals surface area (Å²) in [6, 6.07) is 0. The van der Waals surface area contributed by atoms with Crippen LogP contribution in [0.5, 0.6) is 0 Å². The van der Waals surface area contributed by atoms with Gasteiger partial charge in [0.2, 0.25) is 5.91 Å². The Bertz CT molecular complexity index is 500. The fourth-order valence-corrected chi connectivity index (χ4v) is 2.78. The molecule has 136 valence electrons. The highest BCUT2D eigenvalue weighted by molar-refractivity contribution is 5.72. The number of carbonyl (C=O) groups is 2. The minimum Gasteiger partial charge on any atom is -0.390 e. The van der Waals surface area contributed by atoms with Crippen molar-refractivity contribution in [1.29, 1.82) is 0 Å². The van der Waals surface area contributed by atoms with Crippen molar-refractivity contribution in [2.75, 3.05) is 6.54 Å². The Labute approximate surface area is 143 Å². The van der Waals surface area contributed by atoms with E-state index in [0.29, 0.717) is 6.42 Å². The molecule has 0 aliphatic carbocycles. The predicted molar refractivity (Wildman–Crippen MR) is 91.3 cm³/mol. The minimum absolute atomic E-state index is 0.173. The lowest BCUT2D eigenvalue weighted by Gasteiger charge is -2.41. The first kappa shape index (κ1) is 20.5. The summed E-state index contributed by atoms with van der Waals surface area (Å²) in [5.74, 6) is -0.402. The number of aldehydes is 1. The third-order valence-corrected chi connectivity index (χ3v) is 4.60. The van der Waals surface area contributed by atoms with E-state index in [1.807, 2.05) is 26.8 Å². The van der Waals surface area contributed by atoms with E-state index >= 15 is 0 Å². The van der Waals surface area contributed by atoms with E-state index in [1.165, 1.54) is 13.0 Å². The molecule has 1 fully saturated rings. The Hall–Kier alpha value is -1.50. The highest BCUT2D eigenvalue weighted by Crippen LogP contribution is 2.29. The van der Waals surface area contributed by atoms with E-state index in [2.05, 4.69) is 5.32 Å². The molecule has 0 spiro atoms. The molecular formula is C18H29NO5. The number of nitrogens with one attached hydrogen (secondary N) is 1. The maximum Gasteiger partial charge on any atom is 0.216 e. The van der Waals surface area contributed by atoms with E-state index in [9.17, 15) is 19.8 Å². The van der Waals surface area contributed by atoms with Gasteiger partial charge in [0.25, 0.3) is 0 Å². The summed E-state index contributed by atoms with van der Waals surface area (Å²) in [6.45, 7) is 7.24. The van der Waals surface area contributed by atoms with Crippen LogP contribution in [0.1, 0.15) is 40.5 Å². The Balaban J connectivity index is 2.65. The molecule has 5 atom stereocenters. The van der Waals surface area contributed by atoms with Crippen LogP contribution in [0.2, 0.25) is 0 Å². The van der Waals surface area contributed by atoms with E-state index in [1.54, 1.807) is 0 Å². The topological polar surface area (TPSA) is 95.9 Å². The number of ether oxygens (including phenoxy) is 1. The first-order valence-corrected chi connectivity index (χ1v) is 8.33. The van der Waals surface area contributed by atoms with Gasteiger partial charge in [-0.25, -0.2) is 0 Å².